The zero-order chi connectivity index (χ0) is 19.2. The van der Waals surface area contributed by atoms with Gasteiger partial charge >= 0.3 is 0 Å². The van der Waals surface area contributed by atoms with Gasteiger partial charge in [0.25, 0.3) is 0 Å². The number of carbonyl (C=O) groups excluding carboxylic acids is 1. The first-order valence-electron chi connectivity index (χ1n) is 9.42. The summed E-state index contributed by atoms with van der Waals surface area (Å²) in [5.74, 6) is -0.0241. The first kappa shape index (κ1) is 19.5. The molecule has 1 aliphatic rings. The Morgan fingerprint density at radius 3 is 2.81 bits per heavy atom. The van der Waals surface area contributed by atoms with Gasteiger partial charge < -0.3 is 4.90 Å². The van der Waals surface area contributed by atoms with Gasteiger partial charge in [-0.05, 0) is 43.0 Å². The molecule has 6 nitrogen and oxygen atoms in total. The predicted molar refractivity (Wildman–Crippen MR) is 101 cm³/mol. The van der Waals surface area contributed by atoms with Crippen LogP contribution in [0.2, 0.25) is 0 Å². The molecule has 0 spiro atoms. The van der Waals surface area contributed by atoms with Gasteiger partial charge in [-0.1, -0.05) is 19.1 Å². The van der Waals surface area contributed by atoms with Gasteiger partial charge in [-0.25, -0.2) is 4.39 Å². The second kappa shape index (κ2) is 9.10. The number of benzene rings is 1. The Hall–Kier alpha value is -2.25. The molecule has 0 radical (unpaired) electrons. The van der Waals surface area contributed by atoms with E-state index in [1.54, 1.807) is 24.4 Å². The number of amides is 1. The molecule has 146 valence electrons. The van der Waals surface area contributed by atoms with Crippen molar-refractivity contribution < 1.29 is 14.0 Å². The number of hydrogen-bond acceptors (Lipinski definition) is 4. The number of aromatic nitrogens is 2. The highest BCUT2D eigenvalue weighted by Gasteiger charge is 2.28. The first-order chi connectivity index (χ1) is 13.0. The fraction of sp³-hybridized carbons (Fsp3) is 0.500. The lowest BCUT2D eigenvalue weighted by molar-refractivity contribution is -0.125. The van der Waals surface area contributed by atoms with Crippen LogP contribution in [0.4, 0.5) is 10.1 Å². The van der Waals surface area contributed by atoms with E-state index in [9.17, 15) is 9.18 Å². The number of likely N-dealkylation sites (tertiary alicyclic amines) is 1. The molecule has 1 fully saturated rings. The third-order valence-electron chi connectivity index (χ3n) is 5.15. The maximum Gasteiger partial charge on any atom is 0.247 e. The van der Waals surface area contributed by atoms with Crippen molar-refractivity contribution in [2.75, 3.05) is 31.3 Å². The minimum Gasteiger partial charge on any atom is -0.301 e. The van der Waals surface area contributed by atoms with E-state index in [1.165, 1.54) is 13.0 Å². The van der Waals surface area contributed by atoms with Crippen molar-refractivity contribution in [1.29, 1.82) is 0 Å². The summed E-state index contributed by atoms with van der Waals surface area (Å²) >= 11 is 0. The van der Waals surface area contributed by atoms with E-state index >= 15 is 0 Å². The van der Waals surface area contributed by atoms with Gasteiger partial charge in [0.05, 0.1) is 13.2 Å². The van der Waals surface area contributed by atoms with Gasteiger partial charge in [-0.3, -0.25) is 14.3 Å². The van der Waals surface area contributed by atoms with Crippen molar-refractivity contribution in [1.82, 2.24) is 14.7 Å². The Morgan fingerprint density at radius 2 is 2.15 bits per heavy atom. The highest BCUT2D eigenvalue weighted by atomic mass is 19.1. The number of nitrogens with zero attached hydrogens (tertiary/aromatic N) is 4. The maximum atomic E-state index is 14.0. The topological polar surface area (TPSA) is 50.6 Å². The molecule has 1 saturated heterocycles. The molecule has 2 atom stereocenters. The van der Waals surface area contributed by atoms with Crippen LogP contribution in [0.1, 0.15) is 20.3 Å². The van der Waals surface area contributed by atoms with E-state index in [4.69, 9.17) is 4.84 Å². The highest BCUT2D eigenvalue weighted by Crippen LogP contribution is 2.26. The third-order valence-corrected chi connectivity index (χ3v) is 5.15. The maximum absolute atomic E-state index is 14.0. The molecular formula is C20H27FN4O2. The van der Waals surface area contributed by atoms with Crippen molar-refractivity contribution >= 4 is 11.6 Å². The van der Waals surface area contributed by atoms with Crippen LogP contribution in [0.5, 0.6) is 0 Å². The summed E-state index contributed by atoms with van der Waals surface area (Å²) < 4.78 is 16.0. The second-order valence-corrected chi connectivity index (χ2v) is 7.16. The summed E-state index contributed by atoms with van der Waals surface area (Å²) in [6, 6.07) is 8.10. The van der Waals surface area contributed by atoms with Gasteiger partial charge in [-0.15, -0.1) is 0 Å². The van der Waals surface area contributed by atoms with Crippen LogP contribution >= 0.6 is 0 Å². The van der Waals surface area contributed by atoms with Crippen molar-refractivity contribution in [2.24, 2.45) is 11.8 Å². The summed E-state index contributed by atoms with van der Waals surface area (Å²) in [7, 11) is 0. The van der Waals surface area contributed by atoms with Crippen LogP contribution in [0.25, 0.3) is 0 Å². The van der Waals surface area contributed by atoms with Crippen molar-refractivity contribution in [3.8, 4) is 0 Å². The molecule has 1 aromatic carbocycles. The van der Waals surface area contributed by atoms with E-state index < -0.39 is 5.82 Å². The largest absolute Gasteiger partial charge is 0.301 e. The smallest absolute Gasteiger partial charge is 0.247 e. The van der Waals surface area contributed by atoms with Crippen LogP contribution in [0.3, 0.4) is 0 Å². The fourth-order valence-corrected chi connectivity index (χ4v) is 3.52. The monoisotopic (exact) mass is 374 g/mol. The van der Waals surface area contributed by atoms with Crippen molar-refractivity contribution in [3.05, 3.63) is 48.5 Å². The summed E-state index contributed by atoms with van der Waals surface area (Å²) in [5.41, 5.74) is 0.161. The minimum absolute atomic E-state index is 0.161. The summed E-state index contributed by atoms with van der Waals surface area (Å²) in [6.07, 6.45) is 4.76. The normalized spacial score (nSPS) is 20.6. The minimum atomic E-state index is -0.464. The number of para-hydroxylation sites is 1. The Morgan fingerprint density at radius 1 is 1.33 bits per heavy atom. The van der Waals surface area contributed by atoms with Crippen molar-refractivity contribution in [3.63, 3.8) is 0 Å². The molecule has 2 heterocycles. The van der Waals surface area contributed by atoms with Gasteiger partial charge in [0, 0.05) is 32.4 Å². The van der Waals surface area contributed by atoms with Crippen LogP contribution in [-0.4, -0.2) is 46.8 Å². The molecule has 0 aliphatic carbocycles. The van der Waals surface area contributed by atoms with Crippen molar-refractivity contribution in [2.45, 2.75) is 26.8 Å². The molecular weight excluding hydrogens is 347 g/mol. The molecule has 0 saturated carbocycles. The van der Waals surface area contributed by atoms with Gasteiger partial charge in [0.2, 0.25) is 5.91 Å². The number of hydrogen-bond donors (Lipinski definition) is 0. The second-order valence-electron chi connectivity index (χ2n) is 7.16. The van der Waals surface area contributed by atoms with Gasteiger partial charge in [-0.2, -0.15) is 10.2 Å². The van der Waals surface area contributed by atoms with Crippen LogP contribution in [0, 0.1) is 17.7 Å². The molecule has 1 aliphatic heterocycles. The van der Waals surface area contributed by atoms with E-state index in [2.05, 4.69) is 16.9 Å². The average Bonchev–Trinajstić information content (AvgIpc) is 3.16. The molecule has 7 heteroatoms. The fourth-order valence-electron chi connectivity index (χ4n) is 3.52. The Kier molecular flexibility index (Phi) is 6.58. The summed E-state index contributed by atoms with van der Waals surface area (Å²) in [6.45, 7) is 7.81. The average molecular weight is 374 g/mol. The number of piperidine rings is 1. The first-order valence-corrected chi connectivity index (χ1v) is 9.42. The number of rotatable bonds is 7. The number of carbonyl (C=O) groups is 1. The predicted octanol–water partition coefficient (Wildman–Crippen LogP) is 2.96. The summed E-state index contributed by atoms with van der Waals surface area (Å²) in [5, 5.41) is 5.31. The lowest BCUT2D eigenvalue weighted by Crippen LogP contribution is -2.43. The van der Waals surface area contributed by atoms with E-state index in [0.29, 0.717) is 18.4 Å². The van der Waals surface area contributed by atoms with Gasteiger partial charge in [0.1, 0.15) is 11.5 Å². The highest BCUT2D eigenvalue weighted by molar-refractivity contribution is 5.89. The molecule has 3 rings (SSSR count). The van der Waals surface area contributed by atoms with E-state index in [0.717, 1.165) is 37.7 Å². The Bertz CT molecular complexity index is 737. The molecule has 1 aromatic heterocycles. The summed E-state index contributed by atoms with van der Waals surface area (Å²) in [4.78, 5) is 20.1. The quantitative estimate of drug-likeness (QED) is 0.699. The number of hydroxylamine groups is 1. The molecule has 27 heavy (non-hydrogen) atoms. The Balaban J connectivity index is 1.50. The molecule has 1 amide bonds. The standard InChI is InChI=1S/C20H27FN4O2/c1-16-14-23(12-13-24-10-5-9-22-24)11-8-18(16)15-27-25(17(2)26)20-7-4-3-6-19(20)21/h3-7,9-10,16,18H,8,11-15H2,1-2H3/t16-,18+/m0/s1. The van der Waals surface area contributed by atoms with Crippen LogP contribution < -0.4 is 5.06 Å². The van der Waals surface area contributed by atoms with Gasteiger partial charge in [0.15, 0.2) is 0 Å². The zero-order valence-electron chi connectivity index (χ0n) is 15.9. The van der Waals surface area contributed by atoms with E-state index in [-0.39, 0.29) is 11.6 Å². The number of halogens is 1. The van der Waals surface area contributed by atoms with E-state index in [1.807, 2.05) is 16.9 Å². The van der Waals surface area contributed by atoms with Crippen LogP contribution in [-0.2, 0) is 16.2 Å². The Labute approximate surface area is 159 Å². The van der Waals surface area contributed by atoms with Crippen LogP contribution in [0.15, 0.2) is 42.7 Å². The zero-order valence-corrected chi connectivity index (χ0v) is 15.9. The third kappa shape index (κ3) is 5.14. The molecule has 0 unspecified atom stereocenters. The number of anilines is 1. The molecule has 0 N–H and O–H groups in total. The lowest BCUT2D eigenvalue weighted by atomic mass is 9.87. The SMILES string of the molecule is CC(=O)N(OC[C@H]1CCN(CCn2cccn2)C[C@@H]1C)c1ccccc1F. The lowest BCUT2D eigenvalue weighted by Gasteiger charge is -2.37. The molecule has 2 aromatic rings. The molecule has 0 bridgehead atoms.